The van der Waals surface area contributed by atoms with Gasteiger partial charge in [0.2, 0.25) is 0 Å². The van der Waals surface area contributed by atoms with Crippen LogP contribution in [0.25, 0.3) is 0 Å². The van der Waals surface area contributed by atoms with Crippen molar-refractivity contribution in [3.8, 4) is 5.75 Å². The Hall–Kier alpha value is -3.06. The molecule has 2 N–H and O–H groups in total. The highest BCUT2D eigenvalue weighted by Crippen LogP contribution is 2.18. The highest BCUT2D eigenvalue weighted by molar-refractivity contribution is 5.90. The number of hydrogen-bond donors (Lipinski definition) is 2. The van der Waals surface area contributed by atoms with Gasteiger partial charge in [0.15, 0.2) is 0 Å². The van der Waals surface area contributed by atoms with Crippen LogP contribution in [0.4, 0.5) is 4.79 Å². The Morgan fingerprint density at radius 2 is 1.73 bits per heavy atom. The molecule has 7 heteroatoms. The van der Waals surface area contributed by atoms with E-state index in [-0.39, 0.29) is 13.2 Å². The highest BCUT2D eigenvalue weighted by atomic mass is 16.6. The Balaban J connectivity index is 1.93. The van der Waals surface area contributed by atoms with Crippen LogP contribution in [-0.4, -0.2) is 42.5 Å². The van der Waals surface area contributed by atoms with Crippen LogP contribution in [0.15, 0.2) is 48.5 Å². The number of methoxy groups -OCH3 is 1. The van der Waals surface area contributed by atoms with Crippen LogP contribution < -0.4 is 10.1 Å². The zero-order chi connectivity index (χ0) is 22.1. The van der Waals surface area contributed by atoms with E-state index in [1.807, 2.05) is 24.3 Å². The minimum atomic E-state index is -0.602. The molecular weight excluding hydrogens is 386 g/mol. The van der Waals surface area contributed by atoms with Gasteiger partial charge in [-0.25, -0.2) is 9.59 Å². The Bertz CT molecular complexity index is 842. The number of ether oxygens (including phenoxy) is 3. The fourth-order valence-corrected chi connectivity index (χ4v) is 2.76. The Kier molecular flexibility index (Phi) is 8.24. The topological polar surface area (TPSA) is 94.1 Å². The summed E-state index contributed by atoms with van der Waals surface area (Å²) in [6.45, 7) is 5.36. The van der Waals surface area contributed by atoms with Crippen molar-refractivity contribution in [2.75, 3.05) is 13.7 Å². The summed E-state index contributed by atoms with van der Waals surface area (Å²) < 4.78 is 15.8. The summed E-state index contributed by atoms with van der Waals surface area (Å²) in [6, 6.07) is 14.0. The molecule has 162 valence electrons. The molecule has 0 saturated carbocycles. The summed E-state index contributed by atoms with van der Waals surface area (Å²) in [5, 5.41) is 12.2. The van der Waals surface area contributed by atoms with Crippen molar-refractivity contribution in [2.24, 2.45) is 0 Å². The second-order valence-electron chi connectivity index (χ2n) is 7.81. The predicted molar refractivity (Wildman–Crippen MR) is 113 cm³/mol. The lowest BCUT2D eigenvalue weighted by atomic mass is 10.1. The molecule has 0 saturated heterocycles. The number of carbonyl (C=O) groups is 2. The first kappa shape index (κ1) is 23.2. The van der Waals surface area contributed by atoms with Crippen molar-refractivity contribution < 1.29 is 28.9 Å². The van der Waals surface area contributed by atoms with Crippen molar-refractivity contribution >= 4 is 12.1 Å². The first-order valence-corrected chi connectivity index (χ1v) is 9.70. The number of hydrogen-bond acceptors (Lipinski definition) is 6. The zero-order valence-corrected chi connectivity index (χ0v) is 17.8. The smallest absolute Gasteiger partial charge is 0.407 e. The van der Waals surface area contributed by atoms with E-state index < -0.39 is 23.7 Å². The van der Waals surface area contributed by atoms with Crippen LogP contribution in [-0.2, 0) is 22.5 Å². The minimum absolute atomic E-state index is 0.207. The third kappa shape index (κ3) is 7.40. The summed E-state index contributed by atoms with van der Waals surface area (Å²) in [7, 11) is 1.34. The van der Waals surface area contributed by atoms with Gasteiger partial charge in [0.05, 0.1) is 25.3 Å². The van der Waals surface area contributed by atoms with Gasteiger partial charge in [0, 0.05) is 5.56 Å². The van der Waals surface area contributed by atoms with Crippen molar-refractivity contribution in [1.82, 2.24) is 5.32 Å². The van der Waals surface area contributed by atoms with Crippen molar-refractivity contribution in [3.05, 3.63) is 65.2 Å². The normalized spacial score (nSPS) is 12.0. The fraction of sp³-hybridized carbons (Fsp3) is 0.391. The van der Waals surface area contributed by atoms with E-state index in [2.05, 4.69) is 5.32 Å². The third-order valence-corrected chi connectivity index (χ3v) is 4.16. The quantitative estimate of drug-likeness (QED) is 0.641. The molecular formula is C23H29NO6. The van der Waals surface area contributed by atoms with E-state index in [1.54, 1.807) is 45.0 Å². The molecule has 0 heterocycles. The lowest BCUT2D eigenvalue weighted by Crippen LogP contribution is -2.42. The van der Waals surface area contributed by atoms with Gasteiger partial charge in [-0.2, -0.15) is 0 Å². The number of alkyl carbamates (subject to hydrolysis) is 1. The molecule has 0 bridgehead atoms. The maximum atomic E-state index is 11.9. The number of esters is 1. The predicted octanol–water partition coefficient (Wildman–Crippen LogP) is 3.48. The summed E-state index contributed by atoms with van der Waals surface area (Å²) in [6.07, 6.45) is -0.118. The van der Waals surface area contributed by atoms with E-state index in [0.29, 0.717) is 17.7 Å². The molecule has 2 aromatic rings. The standard InChI is InChI=1S/C23H29NO6/c1-23(2,3)30-22(27)24-18(14-25)13-16-9-11-19(12-10-16)29-15-17-7-5-6-8-20(17)21(26)28-4/h5-12,18,25H,13-15H2,1-4H3,(H,24,27)/t18-/m1/s1. The first-order chi connectivity index (χ1) is 14.2. The van der Waals surface area contributed by atoms with Crippen LogP contribution >= 0.6 is 0 Å². The number of aliphatic hydroxyl groups is 1. The average Bonchev–Trinajstić information content (AvgIpc) is 2.71. The molecule has 2 rings (SSSR count). The Morgan fingerprint density at radius 3 is 2.33 bits per heavy atom. The third-order valence-electron chi connectivity index (χ3n) is 4.16. The first-order valence-electron chi connectivity index (χ1n) is 9.70. The fourth-order valence-electron chi connectivity index (χ4n) is 2.76. The van der Waals surface area contributed by atoms with Gasteiger partial charge in [0.1, 0.15) is 18.0 Å². The molecule has 0 aliphatic heterocycles. The lowest BCUT2D eigenvalue weighted by Gasteiger charge is -2.22. The molecule has 30 heavy (non-hydrogen) atoms. The van der Waals surface area contributed by atoms with Crippen LogP contribution in [0, 0.1) is 0 Å². The summed E-state index contributed by atoms with van der Waals surface area (Å²) in [5.41, 5.74) is 1.52. The second-order valence-corrected chi connectivity index (χ2v) is 7.81. The van der Waals surface area contributed by atoms with Gasteiger partial charge in [-0.3, -0.25) is 0 Å². The minimum Gasteiger partial charge on any atom is -0.489 e. The maximum absolute atomic E-state index is 11.9. The Labute approximate surface area is 177 Å². The summed E-state index contributed by atoms with van der Waals surface area (Å²) in [4.78, 5) is 23.7. The van der Waals surface area contributed by atoms with Crippen molar-refractivity contribution in [1.29, 1.82) is 0 Å². The van der Waals surface area contributed by atoms with E-state index in [1.165, 1.54) is 7.11 Å². The highest BCUT2D eigenvalue weighted by Gasteiger charge is 2.19. The number of nitrogens with one attached hydrogen (secondary N) is 1. The number of aliphatic hydroxyl groups excluding tert-OH is 1. The molecule has 0 unspecified atom stereocenters. The lowest BCUT2D eigenvalue weighted by molar-refractivity contribution is 0.0482. The van der Waals surface area contributed by atoms with Crippen LogP contribution in [0.2, 0.25) is 0 Å². The van der Waals surface area contributed by atoms with Crippen molar-refractivity contribution in [2.45, 2.75) is 45.4 Å². The molecule has 0 aliphatic carbocycles. The molecule has 1 amide bonds. The summed E-state index contributed by atoms with van der Waals surface area (Å²) in [5.74, 6) is 0.233. The van der Waals surface area contributed by atoms with Gasteiger partial charge < -0.3 is 24.6 Å². The van der Waals surface area contributed by atoms with Gasteiger partial charge in [-0.1, -0.05) is 30.3 Å². The van der Waals surface area contributed by atoms with Gasteiger partial charge >= 0.3 is 12.1 Å². The van der Waals surface area contributed by atoms with Crippen LogP contribution in [0.5, 0.6) is 5.75 Å². The average molecular weight is 415 g/mol. The van der Waals surface area contributed by atoms with Crippen LogP contribution in [0.3, 0.4) is 0 Å². The largest absolute Gasteiger partial charge is 0.489 e. The molecule has 0 aliphatic rings. The molecule has 0 spiro atoms. The Morgan fingerprint density at radius 1 is 1.07 bits per heavy atom. The second kappa shape index (κ2) is 10.6. The number of benzene rings is 2. The van der Waals surface area contributed by atoms with Gasteiger partial charge in [-0.15, -0.1) is 0 Å². The molecule has 2 aromatic carbocycles. The van der Waals surface area contributed by atoms with E-state index >= 15 is 0 Å². The van der Waals surface area contributed by atoms with Gasteiger partial charge in [0.25, 0.3) is 0 Å². The van der Waals surface area contributed by atoms with E-state index in [4.69, 9.17) is 14.2 Å². The number of amides is 1. The zero-order valence-electron chi connectivity index (χ0n) is 17.8. The number of carbonyl (C=O) groups excluding carboxylic acids is 2. The SMILES string of the molecule is COC(=O)c1ccccc1COc1ccc(C[C@H](CO)NC(=O)OC(C)(C)C)cc1. The molecule has 1 atom stereocenters. The molecule has 0 fully saturated rings. The summed E-state index contributed by atoms with van der Waals surface area (Å²) >= 11 is 0. The van der Waals surface area contributed by atoms with E-state index in [9.17, 15) is 14.7 Å². The molecule has 0 aromatic heterocycles. The van der Waals surface area contributed by atoms with Gasteiger partial charge in [-0.05, 0) is 51.0 Å². The van der Waals surface area contributed by atoms with Crippen LogP contribution in [0.1, 0.15) is 42.3 Å². The number of rotatable bonds is 8. The maximum Gasteiger partial charge on any atom is 0.407 e. The monoisotopic (exact) mass is 415 g/mol. The molecule has 7 nitrogen and oxygen atoms in total. The van der Waals surface area contributed by atoms with Crippen molar-refractivity contribution in [3.63, 3.8) is 0 Å². The molecule has 0 radical (unpaired) electrons. The van der Waals surface area contributed by atoms with E-state index in [0.717, 1.165) is 11.1 Å².